The fraction of sp³-hybridized carbons (Fsp3) is 0.364. The van der Waals surface area contributed by atoms with E-state index in [2.05, 4.69) is 6.92 Å². The average Bonchev–Trinajstić information content (AvgIpc) is 2.76. The van der Waals surface area contributed by atoms with Crippen LogP contribution in [0.15, 0.2) is 36.4 Å². The minimum atomic E-state index is -0.665. The Bertz CT molecular complexity index is 881. The van der Waals surface area contributed by atoms with Crippen molar-refractivity contribution in [3.8, 4) is 23.0 Å². The number of phenolic OH excluding ortho intramolecular Hbond substituents is 3. The standard InChI is InChI=1S/C22H26N2O6/c1-2-3-15-4-6-17(7-5-15)30-14-20(27)23-8-10-24(11-9-23)22(29)16-12-18(25)21(28)19(26)13-16/h4-7,12-13,25-26,28H,2-3,8-11,14H2,1H3. The molecular formula is C22H26N2O6. The summed E-state index contributed by atoms with van der Waals surface area (Å²) in [6.45, 7) is 3.41. The highest BCUT2D eigenvalue weighted by Gasteiger charge is 2.26. The fourth-order valence-corrected chi connectivity index (χ4v) is 3.35. The molecule has 30 heavy (non-hydrogen) atoms. The second kappa shape index (κ2) is 9.39. The lowest BCUT2D eigenvalue weighted by Gasteiger charge is -2.34. The molecule has 0 bridgehead atoms. The predicted molar refractivity (Wildman–Crippen MR) is 110 cm³/mol. The van der Waals surface area contributed by atoms with E-state index >= 15 is 0 Å². The average molecular weight is 414 g/mol. The third-order valence-corrected chi connectivity index (χ3v) is 5.06. The number of ether oxygens (including phenoxy) is 1. The van der Waals surface area contributed by atoms with Gasteiger partial charge in [0.2, 0.25) is 0 Å². The number of piperazine rings is 1. The lowest BCUT2D eigenvalue weighted by Crippen LogP contribution is -2.51. The highest BCUT2D eigenvalue weighted by atomic mass is 16.5. The van der Waals surface area contributed by atoms with Crippen molar-refractivity contribution in [2.45, 2.75) is 19.8 Å². The Balaban J connectivity index is 1.49. The van der Waals surface area contributed by atoms with Crippen LogP contribution < -0.4 is 4.74 Å². The summed E-state index contributed by atoms with van der Waals surface area (Å²) < 4.78 is 5.58. The van der Waals surface area contributed by atoms with Crippen LogP contribution in [0.3, 0.4) is 0 Å². The molecule has 1 fully saturated rings. The molecule has 2 aromatic rings. The van der Waals surface area contributed by atoms with Crippen LogP contribution in [0.2, 0.25) is 0 Å². The van der Waals surface area contributed by atoms with Gasteiger partial charge in [-0.25, -0.2) is 0 Å². The molecule has 1 aliphatic rings. The molecule has 0 radical (unpaired) electrons. The Labute approximate surface area is 174 Å². The zero-order chi connectivity index (χ0) is 21.7. The first kappa shape index (κ1) is 21.3. The molecule has 8 nitrogen and oxygen atoms in total. The summed E-state index contributed by atoms with van der Waals surface area (Å²) in [5.41, 5.74) is 1.30. The van der Waals surface area contributed by atoms with Crippen LogP contribution in [-0.2, 0) is 11.2 Å². The molecule has 2 aromatic carbocycles. The van der Waals surface area contributed by atoms with E-state index in [1.165, 1.54) is 10.5 Å². The van der Waals surface area contributed by atoms with E-state index in [1.807, 2.05) is 24.3 Å². The Hall–Kier alpha value is -3.42. The van der Waals surface area contributed by atoms with Crippen molar-refractivity contribution in [1.29, 1.82) is 0 Å². The monoisotopic (exact) mass is 414 g/mol. The van der Waals surface area contributed by atoms with Crippen LogP contribution in [0, 0.1) is 0 Å². The van der Waals surface area contributed by atoms with Gasteiger partial charge in [-0.05, 0) is 36.2 Å². The number of hydrogen-bond acceptors (Lipinski definition) is 6. The first-order valence-corrected chi connectivity index (χ1v) is 9.92. The molecule has 160 valence electrons. The zero-order valence-electron chi connectivity index (χ0n) is 16.9. The summed E-state index contributed by atoms with van der Waals surface area (Å²) in [6.07, 6.45) is 2.08. The van der Waals surface area contributed by atoms with Gasteiger partial charge in [-0.3, -0.25) is 9.59 Å². The molecule has 3 rings (SSSR count). The highest BCUT2D eigenvalue weighted by molar-refractivity contribution is 5.95. The molecule has 0 unspecified atom stereocenters. The molecule has 0 aromatic heterocycles. The van der Waals surface area contributed by atoms with Gasteiger partial charge in [-0.1, -0.05) is 25.5 Å². The normalized spacial score (nSPS) is 13.9. The quantitative estimate of drug-likeness (QED) is 0.625. The minimum Gasteiger partial charge on any atom is -0.504 e. The number of aryl methyl sites for hydroxylation is 1. The van der Waals surface area contributed by atoms with Gasteiger partial charge in [-0.15, -0.1) is 0 Å². The number of amides is 2. The molecule has 3 N–H and O–H groups in total. The molecule has 1 saturated heterocycles. The van der Waals surface area contributed by atoms with E-state index < -0.39 is 23.2 Å². The number of phenols is 3. The van der Waals surface area contributed by atoms with Crippen molar-refractivity contribution >= 4 is 11.8 Å². The van der Waals surface area contributed by atoms with E-state index in [0.717, 1.165) is 25.0 Å². The van der Waals surface area contributed by atoms with Crippen molar-refractivity contribution in [2.24, 2.45) is 0 Å². The maximum atomic E-state index is 12.6. The summed E-state index contributed by atoms with van der Waals surface area (Å²) in [5, 5.41) is 28.6. The second-order valence-corrected chi connectivity index (χ2v) is 7.22. The number of carbonyl (C=O) groups excluding carboxylic acids is 2. The number of benzene rings is 2. The van der Waals surface area contributed by atoms with E-state index in [4.69, 9.17) is 4.74 Å². The molecule has 0 spiro atoms. The molecular weight excluding hydrogens is 388 g/mol. The van der Waals surface area contributed by atoms with Gasteiger partial charge in [0, 0.05) is 31.7 Å². The first-order valence-electron chi connectivity index (χ1n) is 9.92. The molecule has 1 heterocycles. The Morgan fingerprint density at radius 1 is 0.933 bits per heavy atom. The highest BCUT2D eigenvalue weighted by Crippen LogP contribution is 2.35. The lowest BCUT2D eigenvalue weighted by molar-refractivity contribution is -0.134. The van der Waals surface area contributed by atoms with Gasteiger partial charge < -0.3 is 29.9 Å². The van der Waals surface area contributed by atoms with Gasteiger partial charge in [-0.2, -0.15) is 0 Å². The topological polar surface area (TPSA) is 111 Å². The third-order valence-electron chi connectivity index (χ3n) is 5.06. The van der Waals surface area contributed by atoms with E-state index in [1.54, 1.807) is 4.90 Å². The van der Waals surface area contributed by atoms with Gasteiger partial charge in [0.25, 0.3) is 11.8 Å². The predicted octanol–water partition coefficient (Wildman–Crippen LogP) is 2.12. The van der Waals surface area contributed by atoms with E-state index in [9.17, 15) is 24.9 Å². The molecule has 8 heteroatoms. The Morgan fingerprint density at radius 3 is 2.07 bits per heavy atom. The lowest BCUT2D eigenvalue weighted by atomic mass is 10.1. The summed E-state index contributed by atoms with van der Waals surface area (Å²) in [6, 6.07) is 9.91. The van der Waals surface area contributed by atoms with Crippen LogP contribution in [-0.4, -0.2) is 69.7 Å². The van der Waals surface area contributed by atoms with Crippen molar-refractivity contribution in [3.63, 3.8) is 0 Å². The fourth-order valence-electron chi connectivity index (χ4n) is 3.35. The SMILES string of the molecule is CCCc1ccc(OCC(=O)N2CCN(C(=O)c3cc(O)c(O)c(O)c3)CC2)cc1. The summed E-state index contributed by atoms with van der Waals surface area (Å²) in [5.74, 6) is -1.69. The van der Waals surface area contributed by atoms with Gasteiger partial charge in [0.15, 0.2) is 23.9 Å². The van der Waals surface area contributed by atoms with Crippen molar-refractivity contribution < 1.29 is 29.6 Å². The number of hydrogen-bond donors (Lipinski definition) is 3. The maximum absolute atomic E-state index is 12.6. The molecule has 1 aliphatic heterocycles. The Morgan fingerprint density at radius 2 is 1.50 bits per heavy atom. The summed E-state index contributed by atoms with van der Waals surface area (Å²) in [7, 11) is 0. The van der Waals surface area contributed by atoms with E-state index in [0.29, 0.717) is 31.9 Å². The largest absolute Gasteiger partial charge is 0.504 e. The number of nitrogens with zero attached hydrogens (tertiary/aromatic N) is 2. The van der Waals surface area contributed by atoms with Gasteiger partial charge >= 0.3 is 0 Å². The van der Waals surface area contributed by atoms with Crippen molar-refractivity contribution in [3.05, 3.63) is 47.5 Å². The van der Waals surface area contributed by atoms with Gasteiger partial charge in [0.05, 0.1) is 0 Å². The first-order chi connectivity index (χ1) is 14.4. The third kappa shape index (κ3) is 4.94. The van der Waals surface area contributed by atoms with Crippen molar-refractivity contribution in [1.82, 2.24) is 9.80 Å². The second-order valence-electron chi connectivity index (χ2n) is 7.22. The maximum Gasteiger partial charge on any atom is 0.260 e. The van der Waals surface area contributed by atoms with Crippen LogP contribution in [0.5, 0.6) is 23.0 Å². The number of aromatic hydroxyl groups is 3. The molecule has 2 amide bonds. The van der Waals surface area contributed by atoms with Crippen molar-refractivity contribution in [2.75, 3.05) is 32.8 Å². The van der Waals surface area contributed by atoms with Crippen LogP contribution in [0.1, 0.15) is 29.3 Å². The Kier molecular flexibility index (Phi) is 6.66. The minimum absolute atomic E-state index is 0.0671. The molecule has 0 aliphatic carbocycles. The van der Waals surface area contributed by atoms with Crippen LogP contribution >= 0.6 is 0 Å². The van der Waals surface area contributed by atoms with Gasteiger partial charge in [0.1, 0.15) is 5.75 Å². The van der Waals surface area contributed by atoms with E-state index in [-0.39, 0.29) is 18.1 Å². The van der Waals surface area contributed by atoms with Crippen LogP contribution in [0.25, 0.3) is 0 Å². The molecule has 0 saturated carbocycles. The summed E-state index contributed by atoms with van der Waals surface area (Å²) >= 11 is 0. The van der Waals surface area contributed by atoms with Crippen LogP contribution in [0.4, 0.5) is 0 Å². The smallest absolute Gasteiger partial charge is 0.260 e. The summed E-state index contributed by atoms with van der Waals surface area (Å²) in [4.78, 5) is 28.2. The zero-order valence-corrected chi connectivity index (χ0v) is 16.9. The number of carbonyl (C=O) groups is 2. The molecule has 0 atom stereocenters. The number of rotatable bonds is 6.